The summed E-state index contributed by atoms with van der Waals surface area (Å²) in [4.78, 5) is 7.97. The van der Waals surface area contributed by atoms with Gasteiger partial charge in [-0.05, 0) is 42.3 Å². The van der Waals surface area contributed by atoms with Crippen LogP contribution in [0.4, 0.5) is 0 Å². The number of aryl methyl sites for hydroxylation is 1. The van der Waals surface area contributed by atoms with Crippen molar-refractivity contribution in [2.24, 2.45) is 0 Å². The largest absolute Gasteiger partial charge is 0.338 e. The van der Waals surface area contributed by atoms with E-state index in [4.69, 9.17) is 11.6 Å². The van der Waals surface area contributed by atoms with Gasteiger partial charge in [-0.15, -0.1) is 0 Å². The first-order valence-corrected chi connectivity index (χ1v) is 7.28. The summed E-state index contributed by atoms with van der Waals surface area (Å²) in [6.45, 7) is 2.14. The van der Waals surface area contributed by atoms with Crippen LogP contribution in [0.3, 0.4) is 0 Å². The molecule has 96 valence electrons. The van der Waals surface area contributed by atoms with Crippen molar-refractivity contribution in [3.05, 3.63) is 51.5 Å². The number of imidazole rings is 1. The molecule has 0 aliphatic heterocycles. The van der Waals surface area contributed by atoms with E-state index in [1.807, 2.05) is 24.3 Å². The summed E-state index contributed by atoms with van der Waals surface area (Å²) in [5.74, 6) is 0.831. The molecule has 1 aromatic heterocycles. The van der Waals surface area contributed by atoms with Crippen LogP contribution in [-0.4, -0.2) is 9.97 Å². The average molecular weight is 336 g/mol. The molecular weight excluding hydrogens is 324 g/mol. The van der Waals surface area contributed by atoms with Crippen molar-refractivity contribution in [2.75, 3.05) is 0 Å². The zero-order chi connectivity index (χ0) is 13.4. The zero-order valence-electron chi connectivity index (χ0n) is 10.4. The number of benzene rings is 2. The molecule has 0 amide bonds. The van der Waals surface area contributed by atoms with Crippen LogP contribution in [0.15, 0.2) is 40.9 Å². The summed E-state index contributed by atoms with van der Waals surface area (Å²) < 4.78 is 0.978. The maximum atomic E-state index is 6.05. The van der Waals surface area contributed by atoms with E-state index >= 15 is 0 Å². The van der Waals surface area contributed by atoms with Crippen molar-refractivity contribution >= 4 is 38.6 Å². The fourth-order valence-electron chi connectivity index (χ4n) is 2.08. The first kappa shape index (κ1) is 12.7. The van der Waals surface area contributed by atoms with Gasteiger partial charge in [0.25, 0.3) is 0 Å². The number of nitrogens with one attached hydrogen (secondary N) is 1. The van der Waals surface area contributed by atoms with Gasteiger partial charge in [-0.25, -0.2) is 4.98 Å². The topological polar surface area (TPSA) is 28.7 Å². The van der Waals surface area contributed by atoms with Crippen molar-refractivity contribution in [3.8, 4) is 11.4 Å². The van der Waals surface area contributed by atoms with Crippen LogP contribution >= 0.6 is 27.5 Å². The lowest BCUT2D eigenvalue weighted by Crippen LogP contribution is -1.82. The van der Waals surface area contributed by atoms with Crippen molar-refractivity contribution in [2.45, 2.75) is 13.3 Å². The molecule has 0 fully saturated rings. The van der Waals surface area contributed by atoms with E-state index in [1.54, 1.807) is 0 Å². The van der Waals surface area contributed by atoms with Crippen LogP contribution in [-0.2, 0) is 6.42 Å². The molecule has 2 nitrogen and oxygen atoms in total. The summed E-state index contributed by atoms with van der Waals surface area (Å²) in [6.07, 6.45) is 1.02. The molecule has 0 spiro atoms. The first-order valence-electron chi connectivity index (χ1n) is 6.11. The lowest BCUT2D eigenvalue weighted by Gasteiger charge is -2.00. The highest BCUT2D eigenvalue weighted by Crippen LogP contribution is 2.30. The summed E-state index contributed by atoms with van der Waals surface area (Å²) in [5, 5.41) is 0.702. The number of aromatic nitrogens is 2. The molecule has 0 saturated carbocycles. The Kier molecular flexibility index (Phi) is 3.33. The highest BCUT2D eigenvalue weighted by Gasteiger charge is 2.09. The van der Waals surface area contributed by atoms with Crippen molar-refractivity contribution < 1.29 is 0 Å². The Balaban J connectivity index is 2.17. The van der Waals surface area contributed by atoms with Crippen LogP contribution in [0.5, 0.6) is 0 Å². The lowest BCUT2D eigenvalue weighted by atomic mass is 10.1. The van der Waals surface area contributed by atoms with Crippen molar-refractivity contribution in [3.63, 3.8) is 0 Å². The monoisotopic (exact) mass is 334 g/mol. The van der Waals surface area contributed by atoms with E-state index in [1.165, 1.54) is 5.56 Å². The van der Waals surface area contributed by atoms with Gasteiger partial charge in [0, 0.05) is 15.1 Å². The molecule has 4 heteroatoms. The molecule has 0 unspecified atom stereocenters. The second kappa shape index (κ2) is 4.99. The number of halogens is 2. The molecule has 0 radical (unpaired) electrons. The summed E-state index contributed by atoms with van der Waals surface area (Å²) >= 11 is 9.58. The molecule has 0 atom stereocenters. The Morgan fingerprint density at radius 1 is 1.21 bits per heavy atom. The van der Waals surface area contributed by atoms with Crippen LogP contribution in [0.25, 0.3) is 22.4 Å². The molecule has 0 bridgehead atoms. The minimum Gasteiger partial charge on any atom is -0.338 e. The normalized spacial score (nSPS) is 11.1. The Labute approximate surface area is 124 Å². The number of aromatic amines is 1. The first-order chi connectivity index (χ1) is 9.17. The molecule has 0 saturated heterocycles. The summed E-state index contributed by atoms with van der Waals surface area (Å²) in [7, 11) is 0. The molecule has 3 rings (SSSR count). The van der Waals surface area contributed by atoms with Crippen LogP contribution in [0, 0.1) is 0 Å². The van der Waals surface area contributed by atoms with Crippen molar-refractivity contribution in [1.82, 2.24) is 9.97 Å². The predicted octanol–water partition coefficient (Wildman–Crippen LogP) is 5.21. The van der Waals surface area contributed by atoms with Crippen LogP contribution < -0.4 is 0 Å². The van der Waals surface area contributed by atoms with E-state index in [9.17, 15) is 0 Å². The minimum atomic E-state index is 0.702. The zero-order valence-corrected chi connectivity index (χ0v) is 12.7. The number of fused-ring (bicyclic) bond motifs is 1. The average Bonchev–Trinajstić information content (AvgIpc) is 2.83. The van der Waals surface area contributed by atoms with Gasteiger partial charge in [-0.2, -0.15) is 0 Å². The van der Waals surface area contributed by atoms with Crippen LogP contribution in [0.2, 0.25) is 5.02 Å². The van der Waals surface area contributed by atoms with Crippen molar-refractivity contribution in [1.29, 1.82) is 0 Å². The van der Waals surface area contributed by atoms with Gasteiger partial charge >= 0.3 is 0 Å². The Bertz CT molecular complexity index is 749. The molecule has 0 aliphatic carbocycles. The Morgan fingerprint density at radius 2 is 2.05 bits per heavy atom. The number of H-pyrrole nitrogens is 1. The van der Waals surface area contributed by atoms with E-state index in [-0.39, 0.29) is 0 Å². The fraction of sp³-hybridized carbons (Fsp3) is 0.133. The van der Waals surface area contributed by atoms with Gasteiger partial charge in [0.15, 0.2) is 0 Å². The third-order valence-corrected chi connectivity index (χ3v) is 4.06. The van der Waals surface area contributed by atoms with E-state index in [2.05, 4.69) is 45.0 Å². The Morgan fingerprint density at radius 3 is 2.84 bits per heavy atom. The number of nitrogens with zero attached hydrogens (tertiary/aromatic N) is 1. The molecule has 1 N–H and O–H groups in total. The molecule has 3 aromatic rings. The SMILES string of the molecule is CCc1ccc2nc(-c3cc(Cl)ccc3Br)[nH]c2c1. The van der Waals surface area contributed by atoms with E-state index in [0.29, 0.717) is 5.02 Å². The standard InChI is InChI=1S/C15H12BrClN2/c1-2-9-3-6-13-14(7-9)19-15(18-13)11-8-10(17)4-5-12(11)16/h3-8H,2H2,1H3,(H,18,19). The van der Waals surface area contributed by atoms with E-state index in [0.717, 1.165) is 33.3 Å². The smallest absolute Gasteiger partial charge is 0.139 e. The van der Waals surface area contributed by atoms with Gasteiger partial charge in [0.05, 0.1) is 11.0 Å². The number of hydrogen-bond donors (Lipinski definition) is 1. The lowest BCUT2D eigenvalue weighted by molar-refractivity contribution is 1.14. The molecular formula is C15H12BrClN2. The van der Waals surface area contributed by atoms with E-state index < -0.39 is 0 Å². The maximum Gasteiger partial charge on any atom is 0.139 e. The van der Waals surface area contributed by atoms with Gasteiger partial charge < -0.3 is 4.98 Å². The third kappa shape index (κ3) is 2.40. The molecule has 0 aliphatic rings. The molecule has 2 aromatic carbocycles. The van der Waals surface area contributed by atoms with Gasteiger partial charge in [0.1, 0.15) is 5.82 Å². The summed E-state index contributed by atoms with van der Waals surface area (Å²) in [6, 6.07) is 12.0. The number of hydrogen-bond acceptors (Lipinski definition) is 1. The number of rotatable bonds is 2. The molecule has 1 heterocycles. The second-order valence-electron chi connectivity index (χ2n) is 4.41. The second-order valence-corrected chi connectivity index (χ2v) is 5.71. The fourth-order valence-corrected chi connectivity index (χ4v) is 2.69. The third-order valence-electron chi connectivity index (χ3n) is 3.14. The summed E-state index contributed by atoms with van der Waals surface area (Å²) in [5.41, 5.74) is 4.30. The Hall–Kier alpha value is -1.32. The highest BCUT2D eigenvalue weighted by atomic mass is 79.9. The van der Waals surface area contributed by atoms with Gasteiger partial charge in [-0.1, -0.05) is 40.5 Å². The quantitative estimate of drug-likeness (QED) is 0.684. The van der Waals surface area contributed by atoms with Gasteiger partial charge in [-0.3, -0.25) is 0 Å². The predicted molar refractivity (Wildman–Crippen MR) is 83.6 cm³/mol. The molecule has 19 heavy (non-hydrogen) atoms. The maximum absolute atomic E-state index is 6.05. The highest BCUT2D eigenvalue weighted by molar-refractivity contribution is 9.10. The minimum absolute atomic E-state index is 0.702. The van der Waals surface area contributed by atoms with Gasteiger partial charge in [0.2, 0.25) is 0 Å². The van der Waals surface area contributed by atoms with Crippen LogP contribution in [0.1, 0.15) is 12.5 Å².